The predicted octanol–water partition coefficient (Wildman–Crippen LogP) is 4.31. The molecule has 0 amide bonds. The Balaban J connectivity index is 1.95. The monoisotopic (exact) mass is 259 g/mol. The second kappa shape index (κ2) is 4.81. The lowest BCUT2D eigenvalue weighted by Crippen LogP contribution is -2.26. The smallest absolute Gasteiger partial charge is 0.164 e. The predicted molar refractivity (Wildman–Crippen MR) is 77.7 cm³/mol. The average Bonchev–Trinajstić information content (AvgIpc) is 2.71. The van der Waals surface area contributed by atoms with E-state index in [0.717, 1.165) is 36.7 Å². The van der Waals surface area contributed by atoms with Gasteiger partial charge in [0.2, 0.25) is 0 Å². The number of aryl methyl sites for hydroxylation is 1. The Hall–Kier alpha value is -1.05. The van der Waals surface area contributed by atoms with E-state index in [0.29, 0.717) is 11.8 Å². The Morgan fingerprint density at radius 1 is 1.16 bits per heavy atom. The molecule has 2 aliphatic rings. The standard InChI is InChI=1S/C17H25NO/c1-11-7-8-14(9-12(11)2)18-13(3)10-15-16(18)5-4-6-17(15)19/h10-12,14H,4-9H2,1-3H3. The maximum Gasteiger partial charge on any atom is 0.164 e. The Morgan fingerprint density at radius 2 is 1.95 bits per heavy atom. The van der Waals surface area contributed by atoms with Gasteiger partial charge in [0.15, 0.2) is 5.78 Å². The molecule has 1 fully saturated rings. The average molecular weight is 259 g/mol. The van der Waals surface area contributed by atoms with E-state index in [4.69, 9.17) is 0 Å². The van der Waals surface area contributed by atoms with Gasteiger partial charge < -0.3 is 4.57 Å². The molecule has 1 heterocycles. The van der Waals surface area contributed by atoms with E-state index in [1.165, 1.54) is 30.7 Å². The van der Waals surface area contributed by atoms with Crippen LogP contribution in [0.25, 0.3) is 0 Å². The molecule has 2 aliphatic carbocycles. The summed E-state index contributed by atoms with van der Waals surface area (Å²) in [6, 6.07) is 2.76. The topological polar surface area (TPSA) is 22.0 Å². The SMILES string of the molecule is Cc1cc2c(n1C1CCC(C)C(C)C1)CCCC2=O. The minimum Gasteiger partial charge on any atom is -0.345 e. The number of ketones is 1. The van der Waals surface area contributed by atoms with Gasteiger partial charge >= 0.3 is 0 Å². The summed E-state index contributed by atoms with van der Waals surface area (Å²) < 4.78 is 2.51. The molecule has 0 N–H and O–H groups in total. The van der Waals surface area contributed by atoms with Crippen LogP contribution >= 0.6 is 0 Å². The number of hydrogen-bond acceptors (Lipinski definition) is 1. The number of rotatable bonds is 1. The van der Waals surface area contributed by atoms with Crippen LogP contribution in [0, 0.1) is 18.8 Å². The van der Waals surface area contributed by atoms with Crippen LogP contribution in [0.5, 0.6) is 0 Å². The highest BCUT2D eigenvalue weighted by Gasteiger charge is 2.30. The van der Waals surface area contributed by atoms with Gasteiger partial charge in [-0.3, -0.25) is 4.79 Å². The van der Waals surface area contributed by atoms with Crippen molar-refractivity contribution in [1.29, 1.82) is 0 Å². The van der Waals surface area contributed by atoms with E-state index in [2.05, 4.69) is 31.4 Å². The number of aromatic nitrogens is 1. The summed E-state index contributed by atoms with van der Waals surface area (Å²) in [6.07, 6.45) is 6.75. The van der Waals surface area contributed by atoms with E-state index in [1.54, 1.807) is 0 Å². The van der Waals surface area contributed by atoms with Crippen molar-refractivity contribution in [3.05, 3.63) is 23.0 Å². The first-order chi connectivity index (χ1) is 9.08. The molecule has 0 spiro atoms. The minimum absolute atomic E-state index is 0.361. The van der Waals surface area contributed by atoms with Crippen LogP contribution in [-0.2, 0) is 6.42 Å². The van der Waals surface area contributed by atoms with Crippen molar-refractivity contribution in [2.75, 3.05) is 0 Å². The van der Waals surface area contributed by atoms with Crippen molar-refractivity contribution in [2.45, 2.75) is 65.3 Å². The van der Waals surface area contributed by atoms with Crippen molar-refractivity contribution in [2.24, 2.45) is 11.8 Å². The van der Waals surface area contributed by atoms with Crippen LogP contribution in [0.4, 0.5) is 0 Å². The van der Waals surface area contributed by atoms with E-state index >= 15 is 0 Å². The number of nitrogens with zero attached hydrogens (tertiary/aromatic N) is 1. The van der Waals surface area contributed by atoms with Crippen LogP contribution in [-0.4, -0.2) is 10.4 Å². The third-order valence-corrected chi connectivity index (χ3v) is 5.39. The summed E-state index contributed by atoms with van der Waals surface area (Å²) in [7, 11) is 0. The largest absolute Gasteiger partial charge is 0.345 e. The zero-order valence-electron chi connectivity index (χ0n) is 12.4. The summed E-state index contributed by atoms with van der Waals surface area (Å²) in [5.74, 6) is 2.01. The summed E-state index contributed by atoms with van der Waals surface area (Å²) in [5, 5.41) is 0. The van der Waals surface area contributed by atoms with Gasteiger partial charge in [-0.1, -0.05) is 13.8 Å². The molecule has 2 heteroatoms. The van der Waals surface area contributed by atoms with Gasteiger partial charge in [-0.2, -0.15) is 0 Å². The first-order valence-corrected chi connectivity index (χ1v) is 7.82. The fourth-order valence-electron chi connectivity index (χ4n) is 4.01. The van der Waals surface area contributed by atoms with Crippen LogP contribution in [0.1, 0.15) is 73.7 Å². The summed E-state index contributed by atoms with van der Waals surface area (Å²) in [5.41, 5.74) is 3.66. The van der Waals surface area contributed by atoms with Crippen LogP contribution in [0.15, 0.2) is 6.07 Å². The molecule has 1 saturated carbocycles. The van der Waals surface area contributed by atoms with E-state index in [1.807, 2.05) is 0 Å². The van der Waals surface area contributed by atoms with E-state index < -0.39 is 0 Å². The Morgan fingerprint density at radius 3 is 2.68 bits per heavy atom. The number of hydrogen-bond donors (Lipinski definition) is 0. The van der Waals surface area contributed by atoms with Gasteiger partial charge in [0.05, 0.1) is 0 Å². The summed E-state index contributed by atoms with van der Waals surface area (Å²) in [6.45, 7) is 6.93. The Labute approximate surface area is 116 Å². The quantitative estimate of drug-likeness (QED) is 0.736. The molecule has 2 nitrogen and oxygen atoms in total. The third-order valence-electron chi connectivity index (χ3n) is 5.39. The van der Waals surface area contributed by atoms with Gasteiger partial charge in [-0.25, -0.2) is 0 Å². The number of fused-ring (bicyclic) bond motifs is 1. The lowest BCUT2D eigenvalue weighted by Gasteiger charge is -2.35. The number of carbonyl (C=O) groups is 1. The lowest BCUT2D eigenvalue weighted by molar-refractivity contribution is 0.0971. The Kier molecular flexibility index (Phi) is 3.28. The van der Waals surface area contributed by atoms with Gasteiger partial charge in [-0.05, 0) is 56.9 Å². The normalized spacial score (nSPS) is 31.3. The molecule has 0 aliphatic heterocycles. The highest BCUT2D eigenvalue weighted by Crippen LogP contribution is 2.39. The second-order valence-corrected chi connectivity index (χ2v) is 6.71. The van der Waals surface area contributed by atoms with Crippen molar-refractivity contribution in [1.82, 2.24) is 4.57 Å². The molecule has 0 bridgehead atoms. The molecule has 0 aromatic carbocycles. The molecule has 3 unspecified atom stereocenters. The van der Waals surface area contributed by atoms with E-state index in [-0.39, 0.29) is 0 Å². The molecular formula is C17H25NO. The molecule has 1 aromatic heterocycles. The molecule has 0 radical (unpaired) electrons. The minimum atomic E-state index is 0.361. The molecule has 1 aromatic rings. The van der Waals surface area contributed by atoms with Crippen LogP contribution in [0.2, 0.25) is 0 Å². The number of carbonyl (C=O) groups excluding carboxylic acids is 1. The highest BCUT2D eigenvalue weighted by atomic mass is 16.1. The molecule has 0 saturated heterocycles. The van der Waals surface area contributed by atoms with Gasteiger partial charge in [0.1, 0.15) is 0 Å². The fraction of sp³-hybridized carbons (Fsp3) is 0.706. The maximum atomic E-state index is 12.0. The lowest BCUT2D eigenvalue weighted by atomic mass is 9.79. The van der Waals surface area contributed by atoms with Crippen LogP contribution < -0.4 is 0 Å². The van der Waals surface area contributed by atoms with Gasteiger partial charge in [-0.15, -0.1) is 0 Å². The molecule has 3 rings (SSSR count). The molecule has 3 atom stereocenters. The molecular weight excluding hydrogens is 234 g/mol. The van der Waals surface area contributed by atoms with E-state index in [9.17, 15) is 4.79 Å². The van der Waals surface area contributed by atoms with Crippen molar-refractivity contribution >= 4 is 5.78 Å². The molecule has 19 heavy (non-hydrogen) atoms. The fourth-order valence-corrected chi connectivity index (χ4v) is 4.01. The zero-order chi connectivity index (χ0) is 13.6. The summed E-state index contributed by atoms with van der Waals surface area (Å²) >= 11 is 0. The summed E-state index contributed by atoms with van der Waals surface area (Å²) in [4.78, 5) is 12.0. The van der Waals surface area contributed by atoms with Crippen LogP contribution in [0.3, 0.4) is 0 Å². The second-order valence-electron chi connectivity index (χ2n) is 6.71. The zero-order valence-corrected chi connectivity index (χ0v) is 12.4. The first kappa shape index (κ1) is 13.0. The van der Waals surface area contributed by atoms with Crippen molar-refractivity contribution < 1.29 is 4.79 Å². The molecule has 104 valence electrons. The first-order valence-electron chi connectivity index (χ1n) is 7.82. The Bertz CT molecular complexity index is 500. The van der Waals surface area contributed by atoms with Gasteiger partial charge in [0, 0.05) is 29.4 Å². The maximum absolute atomic E-state index is 12.0. The number of Topliss-reactive ketones (excluding diaryl/α,β-unsaturated/α-hetero) is 1. The highest BCUT2D eigenvalue weighted by molar-refractivity contribution is 5.98. The van der Waals surface area contributed by atoms with Crippen molar-refractivity contribution in [3.63, 3.8) is 0 Å². The third kappa shape index (κ3) is 2.15. The van der Waals surface area contributed by atoms with Crippen molar-refractivity contribution in [3.8, 4) is 0 Å². The van der Waals surface area contributed by atoms with Gasteiger partial charge in [0.25, 0.3) is 0 Å².